The van der Waals surface area contributed by atoms with E-state index in [4.69, 9.17) is 11.6 Å². The third-order valence-electron chi connectivity index (χ3n) is 5.02. The van der Waals surface area contributed by atoms with E-state index in [1.54, 1.807) is 0 Å². The van der Waals surface area contributed by atoms with Crippen LogP contribution in [0.1, 0.15) is 40.2 Å². The van der Waals surface area contributed by atoms with Crippen LogP contribution in [0.3, 0.4) is 0 Å². The Morgan fingerprint density at radius 3 is 2.96 bits per heavy atom. The van der Waals surface area contributed by atoms with E-state index in [1.165, 1.54) is 5.56 Å². The number of rotatable bonds is 3. The van der Waals surface area contributed by atoms with Crippen LogP contribution in [0.5, 0.6) is 0 Å². The SMILES string of the molecule is O=C(c1n[nH]c2c1CCC2)N1CCC(Cc2ccc(Cl)cc2)C1. The molecular formula is C18H20ClN3O. The summed E-state index contributed by atoms with van der Waals surface area (Å²) in [5, 5.41) is 8.08. The van der Waals surface area contributed by atoms with Gasteiger partial charge in [-0.25, -0.2) is 0 Å². The second-order valence-electron chi connectivity index (χ2n) is 6.62. The van der Waals surface area contributed by atoms with E-state index in [9.17, 15) is 4.79 Å². The monoisotopic (exact) mass is 329 g/mol. The van der Waals surface area contributed by atoms with Gasteiger partial charge in [0.2, 0.25) is 0 Å². The van der Waals surface area contributed by atoms with Crippen LogP contribution in [-0.4, -0.2) is 34.1 Å². The average Bonchev–Trinajstić information content (AvgIpc) is 3.25. The molecule has 1 aliphatic heterocycles. The van der Waals surface area contributed by atoms with Crippen LogP contribution in [0.4, 0.5) is 0 Å². The zero-order chi connectivity index (χ0) is 15.8. The number of hydrogen-bond acceptors (Lipinski definition) is 2. The number of benzene rings is 1. The maximum absolute atomic E-state index is 12.7. The Bertz CT molecular complexity index is 722. The summed E-state index contributed by atoms with van der Waals surface area (Å²) in [7, 11) is 0. The van der Waals surface area contributed by atoms with Gasteiger partial charge >= 0.3 is 0 Å². The lowest BCUT2D eigenvalue weighted by Gasteiger charge is -2.16. The Morgan fingerprint density at radius 2 is 2.13 bits per heavy atom. The molecule has 1 N–H and O–H groups in total. The molecule has 2 aliphatic rings. The number of carbonyl (C=O) groups excluding carboxylic acids is 1. The fourth-order valence-electron chi connectivity index (χ4n) is 3.78. The van der Waals surface area contributed by atoms with Crippen molar-refractivity contribution < 1.29 is 4.79 Å². The highest BCUT2D eigenvalue weighted by Gasteiger charge is 2.31. The van der Waals surface area contributed by atoms with Gasteiger partial charge in [-0.3, -0.25) is 9.89 Å². The smallest absolute Gasteiger partial charge is 0.274 e. The summed E-state index contributed by atoms with van der Waals surface area (Å²) >= 11 is 5.93. The molecule has 4 nitrogen and oxygen atoms in total. The van der Waals surface area contributed by atoms with Crippen molar-refractivity contribution in [1.82, 2.24) is 15.1 Å². The summed E-state index contributed by atoms with van der Waals surface area (Å²) in [6, 6.07) is 8.02. The molecule has 1 aromatic heterocycles. The molecule has 1 aromatic carbocycles. The molecule has 1 atom stereocenters. The second kappa shape index (κ2) is 6.00. The lowest BCUT2D eigenvalue weighted by molar-refractivity contribution is 0.0780. The highest BCUT2D eigenvalue weighted by Crippen LogP contribution is 2.27. The van der Waals surface area contributed by atoms with Gasteiger partial charge in [-0.1, -0.05) is 23.7 Å². The van der Waals surface area contributed by atoms with Gasteiger partial charge in [0.25, 0.3) is 5.91 Å². The number of amides is 1. The van der Waals surface area contributed by atoms with Crippen molar-refractivity contribution in [2.45, 2.75) is 32.1 Å². The molecule has 120 valence electrons. The van der Waals surface area contributed by atoms with E-state index in [1.807, 2.05) is 17.0 Å². The van der Waals surface area contributed by atoms with Gasteiger partial charge in [0.1, 0.15) is 0 Å². The molecule has 0 bridgehead atoms. The van der Waals surface area contributed by atoms with Gasteiger partial charge in [-0.2, -0.15) is 5.10 Å². The summed E-state index contributed by atoms with van der Waals surface area (Å²) in [6.45, 7) is 1.65. The molecule has 4 rings (SSSR count). The second-order valence-corrected chi connectivity index (χ2v) is 7.06. The normalized spacial score (nSPS) is 20.0. The summed E-state index contributed by atoms with van der Waals surface area (Å²) in [4.78, 5) is 14.7. The number of carbonyl (C=O) groups is 1. The van der Waals surface area contributed by atoms with Crippen molar-refractivity contribution in [1.29, 1.82) is 0 Å². The van der Waals surface area contributed by atoms with E-state index in [-0.39, 0.29) is 5.91 Å². The van der Waals surface area contributed by atoms with Crippen molar-refractivity contribution >= 4 is 17.5 Å². The predicted molar refractivity (Wildman–Crippen MR) is 89.8 cm³/mol. The van der Waals surface area contributed by atoms with E-state index < -0.39 is 0 Å². The minimum atomic E-state index is 0.100. The maximum atomic E-state index is 12.7. The van der Waals surface area contributed by atoms with Gasteiger partial charge in [0.05, 0.1) is 0 Å². The van der Waals surface area contributed by atoms with Crippen molar-refractivity contribution in [3.8, 4) is 0 Å². The zero-order valence-electron chi connectivity index (χ0n) is 13.0. The van der Waals surface area contributed by atoms with Crippen LogP contribution in [0.15, 0.2) is 24.3 Å². The van der Waals surface area contributed by atoms with Crippen molar-refractivity contribution in [2.75, 3.05) is 13.1 Å². The average molecular weight is 330 g/mol. The number of aromatic nitrogens is 2. The van der Waals surface area contributed by atoms with Crippen LogP contribution in [0.2, 0.25) is 5.02 Å². The topological polar surface area (TPSA) is 49.0 Å². The van der Waals surface area contributed by atoms with Gasteiger partial charge < -0.3 is 4.90 Å². The lowest BCUT2D eigenvalue weighted by atomic mass is 9.99. The van der Waals surface area contributed by atoms with Crippen molar-refractivity contribution in [3.63, 3.8) is 0 Å². The Kier molecular flexibility index (Phi) is 3.85. The Labute approximate surface area is 140 Å². The molecule has 1 fully saturated rings. The van der Waals surface area contributed by atoms with Gasteiger partial charge in [0, 0.05) is 29.4 Å². The molecule has 0 radical (unpaired) electrons. The number of nitrogens with one attached hydrogen (secondary N) is 1. The first-order valence-corrected chi connectivity index (χ1v) is 8.68. The minimum absolute atomic E-state index is 0.100. The summed E-state index contributed by atoms with van der Waals surface area (Å²) in [5.74, 6) is 0.620. The third kappa shape index (κ3) is 2.88. The fourth-order valence-corrected chi connectivity index (χ4v) is 3.91. The fraction of sp³-hybridized carbons (Fsp3) is 0.444. The molecule has 5 heteroatoms. The van der Waals surface area contributed by atoms with Crippen molar-refractivity contribution in [3.05, 3.63) is 51.8 Å². The van der Waals surface area contributed by atoms with Gasteiger partial charge in [0.15, 0.2) is 5.69 Å². The molecule has 0 saturated carbocycles. The van der Waals surface area contributed by atoms with Crippen LogP contribution in [-0.2, 0) is 19.3 Å². The number of nitrogens with zero attached hydrogens (tertiary/aromatic N) is 2. The molecule has 2 heterocycles. The molecule has 1 unspecified atom stereocenters. The largest absolute Gasteiger partial charge is 0.337 e. The molecule has 1 saturated heterocycles. The number of likely N-dealkylation sites (tertiary alicyclic amines) is 1. The number of hydrogen-bond donors (Lipinski definition) is 1. The number of fused-ring (bicyclic) bond motifs is 1. The van der Waals surface area contributed by atoms with E-state index in [2.05, 4.69) is 22.3 Å². The number of aryl methyl sites for hydroxylation is 1. The first-order chi connectivity index (χ1) is 11.2. The predicted octanol–water partition coefficient (Wildman–Crippen LogP) is 3.26. The Hall–Kier alpha value is -1.81. The van der Waals surface area contributed by atoms with E-state index in [0.717, 1.165) is 61.5 Å². The number of halogens is 1. The molecule has 1 aliphatic carbocycles. The standard InChI is InChI=1S/C18H20ClN3O/c19-14-6-4-12(5-7-14)10-13-8-9-22(11-13)18(23)17-15-2-1-3-16(15)20-21-17/h4-7,13H,1-3,8-11H2,(H,20,21). The van der Waals surface area contributed by atoms with E-state index >= 15 is 0 Å². The van der Waals surface area contributed by atoms with Crippen LogP contribution in [0.25, 0.3) is 0 Å². The van der Waals surface area contributed by atoms with Crippen LogP contribution < -0.4 is 0 Å². The number of aromatic amines is 1. The highest BCUT2D eigenvalue weighted by atomic mass is 35.5. The third-order valence-corrected chi connectivity index (χ3v) is 5.27. The summed E-state index contributed by atoms with van der Waals surface area (Å²) < 4.78 is 0. The molecule has 2 aromatic rings. The van der Waals surface area contributed by atoms with Gasteiger partial charge in [-0.15, -0.1) is 0 Å². The number of H-pyrrole nitrogens is 1. The molecule has 1 amide bonds. The van der Waals surface area contributed by atoms with E-state index in [0.29, 0.717) is 11.6 Å². The first kappa shape index (κ1) is 14.8. The molecular weight excluding hydrogens is 310 g/mol. The lowest BCUT2D eigenvalue weighted by Crippen LogP contribution is -2.30. The van der Waals surface area contributed by atoms with Crippen molar-refractivity contribution in [2.24, 2.45) is 5.92 Å². The maximum Gasteiger partial charge on any atom is 0.274 e. The molecule has 23 heavy (non-hydrogen) atoms. The Balaban J connectivity index is 1.41. The molecule has 0 spiro atoms. The zero-order valence-corrected chi connectivity index (χ0v) is 13.8. The Morgan fingerprint density at radius 1 is 1.30 bits per heavy atom. The summed E-state index contributed by atoms with van der Waals surface area (Å²) in [5.41, 5.74) is 4.25. The highest BCUT2D eigenvalue weighted by molar-refractivity contribution is 6.30. The first-order valence-electron chi connectivity index (χ1n) is 8.30. The quantitative estimate of drug-likeness (QED) is 0.939. The van der Waals surface area contributed by atoms with Gasteiger partial charge in [-0.05, 0) is 55.7 Å². The van der Waals surface area contributed by atoms with Crippen LogP contribution >= 0.6 is 11.6 Å². The summed E-state index contributed by atoms with van der Waals surface area (Å²) in [6.07, 6.45) is 5.19. The van der Waals surface area contributed by atoms with Crippen LogP contribution in [0, 0.1) is 5.92 Å². The minimum Gasteiger partial charge on any atom is -0.337 e.